The quantitative estimate of drug-likeness (QED) is 0.726. The highest BCUT2D eigenvalue weighted by Crippen LogP contribution is 2.10. The minimum Gasteiger partial charge on any atom is -0.396 e. The molecule has 1 aromatic carbocycles. The van der Waals surface area contributed by atoms with Crippen molar-refractivity contribution in [1.29, 1.82) is 0 Å². The number of carbonyl (C=O) groups is 1. The van der Waals surface area contributed by atoms with E-state index in [4.69, 9.17) is 5.11 Å². The first-order valence-corrected chi connectivity index (χ1v) is 5.51. The highest BCUT2D eigenvalue weighted by molar-refractivity contribution is 5.96. The van der Waals surface area contributed by atoms with Crippen LogP contribution in [0.5, 0.6) is 0 Å². The van der Waals surface area contributed by atoms with Crippen molar-refractivity contribution in [1.82, 2.24) is 0 Å². The number of hydrogen-bond acceptors (Lipinski definition) is 2. The predicted molar refractivity (Wildman–Crippen MR) is 61.1 cm³/mol. The number of benzene rings is 1. The SMILES string of the molecule is CCCc1cccc(C(=O)CCCO)c1. The van der Waals surface area contributed by atoms with Crippen LogP contribution < -0.4 is 0 Å². The van der Waals surface area contributed by atoms with Gasteiger partial charge in [0.05, 0.1) is 0 Å². The van der Waals surface area contributed by atoms with Gasteiger partial charge in [-0.3, -0.25) is 4.79 Å². The maximum atomic E-state index is 11.6. The van der Waals surface area contributed by atoms with Gasteiger partial charge in [0.15, 0.2) is 5.78 Å². The zero-order valence-corrected chi connectivity index (χ0v) is 9.20. The van der Waals surface area contributed by atoms with Crippen LogP contribution in [0, 0.1) is 0 Å². The van der Waals surface area contributed by atoms with Crippen molar-refractivity contribution in [2.75, 3.05) is 6.61 Å². The Morgan fingerprint density at radius 1 is 1.40 bits per heavy atom. The fourth-order valence-corrected chi connectivity index (χ4v) is 1.57. The van der Waals surface area contributed by atoms with Crippen LogP contribution in [0.4, 0.5) is 0 Å². The molecule has 1 N–H and O–H groups in total. The normalized spacial score (nSPS) is 10.3. The molecule has 1 rings (SSSR count). The number of aliphatic hydroxyl groups excluding tert-OH is 1. The summed E-state index contributed by atoms with van der Waals surface area (Å²) in [4.78, 5) is 11.6. The third-order valence-corrected chi connectivity index (χ3v) is 2.35. The molecule has 0 unspecified atom stereocenters. The van der Waals surface area contributed by atoms with Crippen LogP contribution in [0.1, 0.15) is 42.1 Å². The minimum absolute atomic E-state index is 0.0837. The summed E-state index contributed by atoms with van der Waals surface area (Å²) in [5, 5.41) is 8.65. The maximum Gasteiger partial charge on any atom is 0.162 e. The highest BCUT2D eigenvalue weighted by Gasteiger charge is 2.05. The van der Waals surface area contributed by atoms with Crippen molar-refractivity contribution >= 4 is 5.78 Å². The van der Waals surface area contributed by atoms with Crippen LogP contribution in [0.15, 0.2) is 24.3 Å². The van der Waals surface area contributed by atoms with Crippen LogP contribution in [-0.4, -0.2) is 17.5 Å². The number of hydrogen-bond donors (Lipinski definition) is 1. The average Bonchev–Trinajstić information content (AvgIpc) is 2.27. The highest BCUT2D eigenvalue weighted by atomic mass is 16.3. The predicted octanol–water partition coefficient (Wildman–Crippen LogP) is 2.59. The molecule has 0 saturated carbocycles. The summed E-state index contributed by atoms with van der Waals surface area (Å²) in [7, 11) is 0. The van der Waals surface area contributed by atoms with Gasteiger partial charge in [-0.1, -0.05) is 31.5 Å². The van der Waals surface area contributed by atoms with Crippen LogP contribution in [-0.2, 0) is 6.42 Å². The lowest BCUT2D eigenvalue weighted by Gasteiger charge is -2.03. The molecule has 0 saturated heterocycles. The van der Waals surface area contributed by atoms with Crippen molar-refractivity contribution in [2.45, 2.75) is 32.6 Å². The summed E-state index contributed by atoms with van der Waals surface area (Å²) in [6.07, 6.45) is 3.10. The molecule has 0 atom stereocenters. The van der Waals surface area contributed by atoms with Crippen molar-refractivity contribution in [2.24, 2.45) is 0 Å². The molecular formula is C13H18O2. The molecule has 2 heteroatoms. The molecule has 0 fully saturated rings. The Balaban J connectivity index is 2.67. The summed E-state index contributed by atoms with van der Waals surface area (Å²) in [5.74, 6) is 0.127. The molecule has 0 aliphatic heterocycles. The van der Waals surface area contributed by atoms with E-state index in [1.165, 1.54) is 5.56 Å². The van der Waals surface area contributed by atoms with E-state index >= 15 is 0 Å². The zero-order chi connectivity index (χ0) is 11.1. The van der Waals surface area contributed by atoms with Gasteiger partial charge in [0.1, 0.15) is 0 Å². The van der Waals surface area contributed by atoms with Gasteiger partial charge < -0.3 is 5.11 Å². The first kappa shape index (κ1) is 11.9. The Hall–Kier alpha value is -1.15. The number of aliphatic hydroxyl groups is 1. The monoisotopic (exact) mass is 206 g/mol. The van der Waals surface area contributed by atoms with Gasteiger partial charge >= 0.3 is 0 Å². The van der Waals surface area contributed by atoms with Gasteiger partial charge in [0, 0.05) is 18.6 Å². The first-order valence-electron chi connectivity index (χ1n) is 5.51. The molecule has 0 amide bonds. The lowest BCUT2D eigenvalue weighted by Crippen LogP contribution is -2.01. The Bertz CT molecular complexity index is 318. The maximum absolute atomic E-state index is 11.6. The Labute approximate surface area is 90.9 Å². The molecule has 15 heavy (non-hydrogen) atoms. The molecule has 0 bridgehead atoms. The van der Waals surface area contributed by atoms with Gasteiger partial charge in [-0.25, -0.2) is 0 Å². The lowest BCUT2D eigenvalue weighted by atomic mass is 10.0. The third kappa shape index (κ3) is 3.84. The van der Waals surface area contributed by atoms with E-state index in [1.807, 2.05) is 24.3 Å². The molecular weight excluding hydrogens is 188 g/mol. The lowest BCUT2D eigenvalue weighted by molar-refractivity contribution is 0.0971. The Kier molecular flexibility index (Phi) is 5.05. The van der Waals surface area contributed by atoms with Crippen LogP contribution in [0.25, 0.3) is 0 Å². The van der Waals surface area contributed by atoms with E-state index in [0.29, 0.717) is 12.8 Å². The second kappa shape index (κ2) is 6.36. The molecule has 2 nitrogen and oxygen atoms in total. The Morgan fingerprint density at radius 2 is 2.20 bits per heavy atom. The van der Waals surface area contributed by atoms with E-state index < -0.39 is 0 Å². The van der Waals surface area contributed by atoms with Gasteiger partial charge in [-0.15, -0.1) is 0 Å². The van der Waals surface area contributed by atoms with Crippen LogP contribution >= 0.6 is 0 Å². The second-order valence-electron chi connectivity index (χ2n) is 3.70. The number of carbonyl (C=O) groups excluding carboxylic acids is 1. The van der Waals surface area contributed by atoms with Gasteiger partial charge in [0.2, 0.25) is 0 Å². The summed E-state index contributed by atoms with van der Waals surface area (Å²) in [5.41, 5.74) is 1.99. The van der Waals surface area contributed by atoms with Crippen molar-refractivity contribution < 1.29 is 9.90 Å². The minimum atomic E-state index is 0.0837. The zero-order valence-electron chi connectivity index (χ0n) is 9.20. The van der Waals surface area contributed by atoms with E-state index in [9.17, 15) is 4.79 Å². The smallest absolute Gasteiger partial charge is 0.162 e. The molecule has 0 aliphatic carbocycles. The molecule has 0 aliphatic rings. The Morgan fingerprint density at radius 3 is 2.87 bits per heavy atom. The van der Waals surface area contributed by atoms with Crippen LogP contribution in [0.2, 0.25) is 0 Å². The number of Topliss-reactive ketones (excluding diaryl/α,β-unsaturated/α-hetero) is 1. The average molecular weight is 206 g/mol. The molecule has 0 heterocycles. The van der Waals surface area contributed by atoms with Crippen molar-refractivity contribution in [3.05, 3.63) is 35.4 Å². The summed E-state index contributed by atoms with van der Waals surface area (Å²) >= 11 is 0. The third-order valence-electron chi connectivity index (χ3n) is 2.35. The van der Waals surface area contributed by atoms with E-state index in [2.05, 4.69) is 6.92 Å². The summed E-state index contributed by atoms with van der Waals surface area (Å²) in [6, 6.07) is 7.78. The van der Waals surface area contributed by atoms with Gasteiger partial charge in [-0.2, -0.15) is 0 Å². The van der Waals surface area contributed by atoms with E-state index in [-0.39, 0.29) is 12.4 Å². The number of rotatable bonds is 6. The van der Waals surface area contributed by atoms with E-state index in [0.717, 1.165) is 18.4 Å². The van der Waals surface area contributed by atoms with Crippen molar-refractivity contribution in [3.8, 4) is 0 Å². The van der Waals surface area contributed by atoms with Gasteiger partial charge in [0.25, 0.3) is 0 Å². The standard InChI is InChI=1S/C13H18O2/c1-2-5-11-6-3-7-12(10-11)13(15)8-4-9-14/h3,6-7,10,14H,2,4-5,8-9H2,1H3. The van der Waals surface area contributed by atoms with Gasteiger partial charge in [-0.05, 0) is 24.5 Å². The summed E-state index contributed by atoms with van der Waals surface area (Å²) < 4.78 is 0. The molecule has 82 valence electrons. The van der Waals surface area contributed by atoms with E-state index in [1.54, 1.807) is 0 Å². The largest absolute Gasteiger partial charge is 0.396 e. The fraction of sp³-hybridized carbons (Fsp3) is 0.462. The molecule has 0 aromatic heterocycles. The molecule has 0 radical (unpaired) electrons. The number of aryl methyl sites for hydroxylation is 1. The molecule has 1 aromatic rings. The summed E-state index contributed by atoms with van der Waals surface area (Å²) in [6.45, 7) is 2.21. The number of ketones is 1. The van der Waals surface area contributed by atoms with Crippen molar-refractivity contribution in [3.63, 3.8) is 0 Å². The fourth-order valence-electron chi connectivity index (χ4n) is 1.57. The first-order chi connectivity index (χ1) is 7.27. The van der Waals surface area contributed by atoms with Crippen LogP contribution in [0.3, 0.4) is 0 Å². The second-order valence-corrected chi connectivity index (χ2v) is 3.70. The topological polar surface area (TPSA) is 37.3 Å². The molecule has 0 spiro atoms.